The molecule has 1 saturated carbocycles. The normalized spacial score (nSPS) is 18.9. The summed E-state index contributed by atoms with van der Waals surface area (Å²) in [6, 6.07) is 66.2. The second kappa shape index (κ2) is 15.2. The average Bonchev–Trinajstić information content (AvgIpc) is 3.58. The van der Waals surface area contributed by atoms with E-state index in [9.17, 15) is 0 Å². The van der Waals surface area contributed by atoms with Crippen molar-refractivity contribution in [2.75, 3.05) is 14.7 Å². The second-order valence-corrected chi connectivity index (χ2v) is 23.1. The maximum Gasteiger partial charge on any atom is 0.254 e. The summed E-state index contributed by atoms with van der Waals surface area (Å²) < 4.78 is 0. The minimum Gasteiger partial charge on any atom is -0.335 e. The van der Waals surface area contributed by atoms with Gasteiger partial charge in [0.05, 0.1) is 11.2 Å². The SMILES string of the molecule is CC(C)(C)c1ccc(N(c2ccc3c(n2)N(c2ccccc2)c2cc(C(C)(C)C)cc4c2B3c2cccc3c2N4C2(C)CCCCC32C)c2c3ccccc3c(-c3ccccc3)c3ccccc23)cc1. The van der Waals surface area contributed by atoms with Gasteiger partial charge in [0.25, 0.3) is 6.71 Å². The fourth-order valence-corrected chi connectivity index (χ4v) is 13.3. The first-order chi connectivity index (χ1) is 33.8. The van der Waals surface area contributed by atoms with Crippen molar-refractivity contribution >= 4 is 90.4 Å². The van der Waals surface area contributed by atoms with Crippen LogP contribution in [0.4, 0.5) is 45.8 Å². The number of fused-ring (bicyclic) bond motifs is 9. The van der Waals surface area contributed by atoms with Gasteiger partial charge in [-0.2, -0.15) is 0 Å². The van der Waals surface area contributed by atoms with Crippen LogP contribution in [0.3, 0.4) is 0 Å². The molecule has 2 atom stereocenters. The first-order valence-electron chi connectivity index (χ1n) is 25.6. The number of benzene rings is 8. The minimum atomic E-state index is -0.0979. The Bertz CT molecular complexity index is 3510. The van der Waals surface area contributed by atoms with Gasteiger partial charge in [-0.25, -0.2) is 4.98 Å². The van der Waals surface area contributed by atoms with Crippen molar-refractivity contribution in [3.05, 3.63) is 193 Å². The van der Waals surface area contributed by atoms with Gasteiger partial charge in [-0.3, -0.25) is 9.80 Å². The van der Waals surface area contributed by atoms with Gasteiger partial charge in [0.15, 0.2) is 0 Å². The summed E-state index contributed by atoms with van der Waals surface area (Å²) in [5.41, 5.74) is 17.9. The van der Waals surface area contributed by atoms with Crippen molar-refractivity contribution < 1.29 is 0 Å². The molecule has 4 aliphatic rings. The van der Waals surface area contributed by atoms with E-state index in [1.807, 2.05) is 0 Å². The molecule has 4 nitrogen and oxygen atoms in total. The zero-order valence-electron chi connectivity index (χ0n) is 41.9. The van der Waals surface area contributed by atoms with Crippen molar-refractivity contribution in [1.29, 1.82) is 0 Å². The van der Waals surface area contributed by atoms with E-state index in [-0.39, 0.29) is 28.5 Å². The molecule has 70 heavy (non-hydrogen) atoms. The fraction of sp³-hybridized carbons (Fsp3) is 0.246. The maximum absolute atomic E-state index is 6.10. The monoisotopic (exact) mass is 908 g/mol. The summed E-state index contributed by atoms with van der Waals surface area (Å²) in [6.07, 6.45) is 4.88. The molecule has 8 aromatic carbocycles. The van der Waals surface area contributed by atoms with Crippen LogP contribution in [0, 0.1) is 0 Å². The topological polar surface area (TPSA) is 22.6 Å². The summed E-state index contributed by atoms with van der Waals surface area (Å²) in [5, 5.41) is 4.79. The highest BCUT2D eigenvalue weighted by molar-refractivity contribution is 7.00. The molecular formula is C65H61BN4. The molecule has 0 amide bonds. The van der Waals surface area contributed by atoms with E-state index in [0.29, 0.717) is 0 Å². The quantitative estimate of drug-likeness (QED) is 0.127. The molecule has 4 heterocycles. The predicted octanol–water partition coefficient (Wildman–Crippen LogP) is 15.5. The lowest BCUT2D eigenvalue weighted by Crippen LogP contribution is -2.64. The first-order valence-corrected chi connectivity index (χ1v) is 25.6. The van der Waals surface area contributed by atoms with E-state index in [0.717, 1.165) is 28.7 Å². The smallest absolute Gasteiger partial charge is 0.254 e. The zero-order chi connectivity index (χ0) is 47.9. The largest absolute Gasteiger partial charge is 0.335 e. The summed E-state index contributed by atoms with van der Waals surface area (Å²) in [6.45, 7) is 19.2. The Kier molecular flexibility index (Phi) is 9.33. The highest BCUT2D eigenvalue weighted by Gasteiger charge is 2.61. The standard InChI is InChI=1S/C65H61BN4/c1-62(2,3)43-32-34-46(35-33-43)69(59-49-28-17-15-26-47(49)57(42-22-11-9-12-23-42)48-27-16-18-29-50(48)59)56-37-36-53-61(67-56)68(45-24-13-10-14-25-45)54-40-44(63(4,5)6)41-55-58(54)66(53)52-31-21-30-51-60(52)70(55)65(8)39-20-19-38-64(51,65)7/h9-18,21-37,40-41H,19-20,38-39H2,1-8H3. The number of rotatable bonds is 5. The first kappa shape index (κ1) is 43.0. The van der Waals surface area contributed by atoms with Gasteiger partial charge in [0.2, 0.25) is 0 Å². The van der Waals surface area contributed by atoms with Crippen LogP contribution in [0.15, 0.2) is 176 Å². The Morgan fingerprint density at radius 1 is 0.557 bits per heavy atom. The molecule has 0 spiro atoms. The molecule has 1 aliphatic carbocycles. The molecule has 1 aromatic heterocycles. The number of hydrogen-bond acceptors (Lipinski definition) is 4. The van der Waals surface area contributed by atoms with Crippen LogP contribution in [0.25, 0.3) is 32.7 Å². The number of nitrogens with zero attached hydrogens (tertiary/aromatic N) is 4. The average molecular weight is 909 g/mol. The van der Waals surface area contributed by atoms with Crippen molar-refractivity contribution in [1.82, 2.24) is 4.98 Å². The maximum atomic E-state index is 6.10. The van der Waals surface area contributed by atoms with Crippen LogP contribution in [0.5, 0.6) is 0 Å². The van der Waals surface area contributed by atoms with Crippen LogP contribution in [-0.2, 0) is 16.2 Å². The third kappa shape index (κ3) is 6.06. The van der Waals surface area contributed by atoms with Crippen LogP contribution in [0.1, 0.15) is 97.8 Å². The summed E-state index contributed by atoms with van der Waals surface area (Å²) >= 11 is 0. The van der Waals surface area contributed by atoms with E-state index in [2.05, 4.69) is 246 Å². The number of aromatic nitrogens is 1. The summed E-state index contributed by atoms with van der Waals surface area (Å²) in [4.78, 5) is 13.9. The van der Waals surface area contributed by atoms with Gasteiger partial charge in [-0.15, -0.1) is 0 Å². The molecular weight excluding hydrogens is 848 g/mol. The Balaban J connectivity index is 1.13. The van der Waals surface area contributed by atoms with Crippen molar-refractivity contribution in [3.63, 3.8) is 0 Å². The van der Waals surface area contributed by atoms with E-state index in [4.69, 9.17) is 4.98 Å². The lowest BCUT2D eigenvalue weighted by molar-refractivity contribution is 0.195. The van der Waals surface area contributed by atoms with Crippen molar-refractivity contribution in [2.24, 2.45) is 0 Å². The molecule has 5 heteroatoms. The van der Waals surface area contributed by atoms with E-state index in [1.54, 1.807) is 0 Å². The Morgan fingerprint density at radius 3 is 1.81 bits per heavy atom. The van der Waals surface area contributed by atoms with E-state index in [1.165, 1.54) is 108 Å². The van der Waals surface area contributed by atoms with Gasteiger partial charge in [-0.05, 0) is 128 Å². The zero-order valence-corrected chi connectivity index (χ0v) is 41.9. The molecule has 0 saturated heterocycles. The molecule has 13 rings (SSSR count). The summed E-state index contributed by atoms with van der Waals surface area (Å²) in [5.74, 6) is 1.85. The number of pyridine rings is 1. The van der Waals surface area contributed by atoms with Gasteiger partial charge >= 0.3 is 0 Å². The Hall–Kier alpha value is -7.11. The van der Waals surface area contributed by atoms with Gasteiger partial charge < -0.3 is 4.90 Å². The third-order valence-corrected chi connectivity index (χ3v) is 17.1. The van der Waals surface area contributed by atoms with E-state index < -0.39 is 0 Å². The molecule has 0 N–H and O–H groups in total. The van der Waals surface area contributed by atoms with Gasteiger partial charge in [0, 0.05) is 44.6 Å². The van der Waals surface area contributed by atoms with Crippen LogP contribution < -0.4 is 31.1 Å². The third-order valence-electron chi connectivity index (χ3n) is 17.1. The highest BCUT2D eigenvalue weighted by Crippen LogP contribution is 2.62. The summed E-state index contributed by atoms with van der Waals surface area (Å²) in [7, 11) is 0. The molecule has 1 fully saturated rings. The van der Waals surface area contributed by atoms with Crippen LogP contribution in [0.2, 0.25) is 0 Å². The second-order valence-electron chi connectivity index (χ2n) is 23.1. The lowest BCUT2D eigenvalue weighted by atomic mass is 9.33. The predicted molar refractivity (Wildman–Crippen MR) is 299 cm³/mol. The molecule has 2 unspecified atom stereocenters. The van der Waals surface area contributed by atoms with Crippen molar-refractivity contribution in [3.8, 4) is 11.1 Å². The number of hydrogen-bond donors (Lipinski definition) is 0. The molecule has 344 valence electrons. The minimum absolute atomic E-state index is 0.000388. The molecule has 0 radical (unpaired) electrons. The highest BCUT2D eigenvalue weighted by atomic mass is 15.3. The van der Waals surface area contributed by atoms with Gasteiger partial charge in [0.1, 0.15) is 11.6 Å². The Labute approximate surface area is 414 Å². The molecule has 3 aliphatic heterocycles. The fourth-order valence-electron chi connectivity index (χ4n) is 13.3. The van der Waals surface area contributed by atoms with Crippen LogP contribution >= 0.6 is 0 Å². The van der Waals surface area contributed by atoms with Gasteiger partial charge in [-0.1, -0.05) is 195 Å². The number of anilines is 8. The molecule has 0 bridgehead atoms. The van der Waals surface area contributed by atoms with Crippen LogP contribution in [-0.4, -0.2) is 17.2 Å². The van der Waals surface area contributed by atoms with E-state index >= 15 is 0 Å². The van der Waals surface area contributed by atoms with Crippen molar-refractivity contribution in [2.45, 2.75) is 103 Å². The number of para-hydroxylation sites is 2. The molecule has 9 aromatic rings. The Morgan fingerprint density at radius 2 is 1.16 bits per heavy atom. The lowest BCUT2D eigenvalue weighted by Gasteiger charge is -2.53.